The minimum atomic E-state index is 0.757. The van der Waals surface area contributed by atoms with Crippen molar-refractivity contribution in [1.82, 2.24) is 9.47 Å². The second-order valence-corrected chi connectivity index (χ2v) is 6.28. The molecule has 1 aromatic heterocycles. The van der Waals surface area contributed by atoms with Gasteiger partial charge in [-0.15, -0.1) is 0 Å². The summed E-state index contributed by atoms with van der Waals surface area (Å²) in [6.45, 7) is 9.02. The van der Waals surface area contributed by atoms with Gasteiger partial charge >= 0.3 is 0 Å². The second-order valence-electron chi connectivity index (χ2n) is 6.28. The molecule has 4 nitrogen and oxygen atoms in total. The van der Waals surface area contributed by atoms with Crippen LogP contribution >= 0.6 is 0 Å². The van der Waals surface area contributed by atoms with Crippen molar-refractivity contribution in [3.63, 3.8) is 0 Å². The third-order valence-corrected chi connectivity index (χ3v) is 4.89. The van der Waals surface area contributed by atoms with E-state index >= 15 is 0 Å². The van der Waals surface area contributed by atoms with Crippen molar-refractivity contribution < 1.29 is 9.47 Å². The maximum atomic E-state index is 5.43. The summed E-state index contributed by atoms with van der Waals surface area (Å²) in [6, 6.07) is 8.76. The standard InChI is InChI=1S/C19H28N2O2/c1-16-17(7-5-9-20-10-14-23-15-11-20)18-6-3-4-8-19(18)21(16)12-13-22-2/h3-4,6,8H,5,7,9-15H2,1-2H3. The van der Waals surface area contributed by atoms with Crippen LogP contribution in [0, 0.1) is 6.92 Å². The van der Waals surface area contributed by atoms with Gasteiger partial charge in [-0.1, -0.05) is 18.2 Å². The molecule has 1 aliphatic heterocycles. The fraction of sp³-hybridized carbons (Fsp3) is 0.579. The van der Waals surface area contributed by atoms with Crippen LogP contribution in [0.1, 0.15) is 17.7 Å². The molecule has 0 bridgehead atoms. The summed E-state index contributed by atoms with van der Waals surface area (Å²) < 4.78 is 13.1. The number of morpholine rings is 1. The summed E-state index contributed by atoms with van der Waals surface area (Å²) in [7, 11) is 1.77. The first-order chi connectivity index (χ1) is 11.3. The normalized spacial score (nSPS) is 16.3. The summed E-state index contributed by atoms with van der Waals surface area (Å²) in [5.41, 5.74) is 4.23. The fourth-order valence-electron chi connectivity index (χ4n) is 3.59. The highest BCUT2D eigenvalue weighted by molar-refractivity contribution is 5.85. The van der Waals surface area contributed by atoms with Crippen LogP contribution in [-0.2, 0) is 22.4 Å². The first-order valence-electron chi connectivity index (χ1n) is 8.67. The van der Waals surface area contributed by atoms with Crippen LogP contribution in [0.4, 0.5) is 0 Å². The molecule has 1 fully saturated rings. The Morgan fingerprint density at radius 1 is 1.13 bits per heavy atom. The molecule has 0 saturated carbocycles. The van der Waals surface area contributed by atoms with Crippen molar-refractivity contribution in [3.05, 3.63) is 35.5 Å². The van der Waals surface area contributed by atoms with E-state index in [1.807, 2.05) is 0 Å². The lowest BCUT2D eigenvalue weighted by molar-refractivity contribution is 0.0375. The molecule has 1 aliphatic rings. The second kappa shape index (κ2) is 7.95. The van der Waals surface area contributed by atoms with Gasteiger partial charge in [0.05, 0.1) is 19.8 Å². The molecule has 126 valence electrons. The highest BCUT2D eigenvalue weighted by Gasteiger charge is 2.14. The predicted octanol–water partition coefficient (Wildman–Crippen LogP) is 2.86. The Hall–Kier alpha value is -1.36. The number of aromatic nitrogens is 1. The smallest absolute Gasteiger partial charge is 0.0642 e. The minimum absolute atomic E-state index is 0.757. The maximum absolute atomic E-state index is 5.43. The van der Waals surface area contributed by atoms with Gasteiger partial charge in [0.2, 0.25) is 0 Å². The number of rotatable bonds is 7. The Bertz CT molecular complexity index is 630. The molecule has 2 heterocycles. The SMILES string of the molecule is COCCn1c(C)c(CCCN2CCOCC2)c2ccccc21. The molecule has 0 atom stereocenters. The topological polar surface area (TPSA) is 26.6 Å². The molecule has 1 saturated heterocycles. The lowest BCUT2D eigenvalue weighted by Crippen LogP contribution is -2.36. The van der Waals surface area contributed by atoms with E-state index < -0.39 is 0 Å². The van der Waals surface area contributed by atoms with Crippen molar-refractivity contribution in [2.45, 2.75) is 26.3 Å². The van der Waals surface area contributed by atoms with E-state index in [2.05, 4.69) is 40.7 Å². The van der Waals surface area contributed by atoms with Crippen LogP contribution in [0.25, 0.3) is 10.9 Å². The highest BCUT2D eigenvalue weighted by Crippen LogP contribution is 2.27. The summed E-state index contributed by atoms with van der Waals surface area (Å²) in [6.07, 6.45) is 2.35. The van der Waals surface area contributed by atoms with Gasteiger partial charge in [-0.3, -0.25) is 4.90 Å². The van der Waals surface area contributed by atoms with E-state index in [9.17, 15) is 0 Å². The Morgan fingerprint density at radius 2 is 1.91 bits per heavy atom. The Morgan fingerprint density at radius 3 is 2.70 bits per heavy atom. The molecule has 2 aromatic rings. The fourth-order valence-corrected chi connectivity index (χ4v) is 3.59. The van der Waals surface area contributed by atoms with Crippen molar-refractivity contribution in [3.8, 4) is 0 Å². The molecule has 0 N–H and O–H groups in total. The molecule has 0 spiro atoms. The van der Waals surface area contributed by atoms with Gasteiger partial charge in [-0.25, -0.2) is 0 Å². The van der Waals surface area contributed by atoms with Crippen molar-refractivity contribution >= 4 is 10.9 Å². The zero-order valence-electron chi connectivity index (χ0n) is 14.4. The largest absolute Gasteiger partial charge is 0.383 e. The molecule has 0 amide bonds. The van der Waals surface area contributed by atoms with Gasteiger partial charge in [0.1, 0.15) is 0 Å². The maximum Gasteiger partial charge on any atom is 0.0642 e. The van der Waals surface area contributed by atoms with Crippen LogP contribution in [0.3, 0.4) is 0 Å². The number of hydrogen-bond donors (Lipinski definition) is 0. The lowest BCUT2D eigenvalue weighted by Gasteiger charge is -2.26. The predicted molar refractivity (Wildman–Crippen MR) is 94.1 cm³/mol. The minimum Gasteiger partial charge on any atom is -0.383 e. The van der Waals surface area contributed by atoms with E-state index in [0.717, 1.165) is 45.9 Å². The Balaban J connectivity index is 1.72. The van der Waals surface area contributed by atoms with Gasteiger partial charge in [0, 0.05) is 43.3 Å². The van der Waals surface area contributed by atoms with E-state index in [4.69, 9.17) is 9.47 Å². The summed E-state index contributed by atoms with van der Waals surface area (Å²) in [4.78, 5) is 2.52. The first-order valence-corrected chi connectivity index (χ1v) is 8.67. The van der Waals surface area contributed by atoms with Crippen LogP contribution in [0.5, 0.6) is 0 Å². The average molecular weight is 316 g/mol. The summed E-state index contributed by atoms with van der Waals surface area (Å²) in [5, 5.41) is 1.41. The molecule has 1 aromatic carbocycles. The monoisotopic (exact) mass is 316 g/mol. The number of benzene rings is 1. The molecule has 0 aliphatic carbocycles. The summed E-state index contributed by atoms with van der Waals surface area (Å²) in [5.74, 6) is 0. The van der Waals surface area contributed by atoms with E-state index in [-0.39, 0.29) is 0 Å². The molecule has 23 heavy (non-hydrogen) atoms. The van der Waals surface area contributed by atoms with Crippen molar-refractivity contribution in [2.75, 3.05) is 46.6 Å². The molecule has 0 radical (unpaired) electrons. The van der Waals surface area contributed by atoms with Gasteiger partial charge in [-0.2, -0.15) is 0 Å². The number of ether oxygens (including phenoxy) is 2. The highest BCUT2D eigenvalue weighted by atomic mass is 16.5. The van der Waals surface area contributed by atoms with Crippen LogP contribution in [-0.4, -0.2) is 56.0 Å². The number of aryl methyl sites for hydroxylation is 1. The molecule has 3 rings (SSSR count). The first kappa shape index (κ1) is 16.5. The van der Waals surface area contributed by atoms with E-state index in [1.165, 1.54) is 35.1 Å². The lowest BCUT2D eigenvalue weighted by atomic mass is 10.1. The third kappa shape index (κ3) is 3.77. The number of nitrogens with zero attached hydrogens (tertiary/aromatic N) is 2. The Labute approximate surface area is 139 Å². The zero-order valence-corrected chi connectivity index (χ0v) is 14.4. The Kier molecular flexibility index (Phi) is 5.70. The van der Waals surface area contributed by atoms with Gasteiger partial charge in [-0.05, 0) is 37.9 Å². The molecule has 4 heteroatoms. The van der Waals surface area contributed by atoms with Crippen LogP contribution in [0.2, 0.25) is 0 Å². The van der Waals surface area contributed by atoms with Crippen molar-refractivity contribution in [2.24, 2.45) is 0 Å². The number of methoxy groups -OCH3 is 1. The van der Waals surface area contributed by atoms with Crippen LogP contribution < -0.4 is 0 Å². The number of hydrogen-bond acceptors (Lipinski definition) is 3. The third-order valence-electron chi connectivity index (χ3n) is 4.89. The zero-order chi connectivity index (χ0) is 16.1. The van der Waals surface area contributed by atoms with Gasteiger partial charge < -0.3 is 14.0 Å². The quantitative estimate of drug-likeness (QED) is 0.786. The number of para-hydroxylation sites is 1. The van der Waals surface area contributed by atoms with Crippen molar-refractivity contribution in [1.29, 1.82) is 0 Å². The van der Waals surface area contributed by atoms with Crippen LogP contribution in [0.15, 0.2) is 24.3 Å². The van der Waals surface area contributed by atoms with E-state index in [0.29, 0.717) is 0 Å². The molecular formula is C19H28N2O2. The summed E-state index contributed by atoms with van der Waals surface area (Å²) >= 11 is 0. The van der Waals surface area contributed by atoms with Gasteiger partial charge in [0.15, 0.2) is 0 Å². The van der Waals surface area contributed by atoms with E-state index in [1.54, 1.807) is 7.11 Å². The molecular weight excluding hydrogens is 288 g/mol. The number of fused-ring (bicyclic) bond motifs is 1. The molecule has 0 unspecified atom stereocenters. The average Bonchev–Trinajstić information content (AvgIpc) is 2.86. The van der Waals surface area contributed by atoms with Gasteiger partial charge in [0.25, 0.3) is 0 Å².